The SMILES string of the molecule is CCCCCCCCNC(CC)CCBr. The first-order valence-corrected chi connectivity index (χ1v) is 7.76. The maximum absolute atomic E-state index is 3.63. The molecule has 92 valence electrons. The minimum absolute atomic E-state index is 0.722. The maximum atomic E-state index is 3.63. The molecule has 0 heterocycles. The summed E-state index contributed by atoms with van der Waals surface area (Å²) < 4.78 is 0. The van der Waals surface area contributed by atoms with Gasteiger partial charge in [0.2, 0.25) is 0 Å². The smallest absolute Gasteiger partial charge is 0.00723 e. The van der Waals surface area contributed by atoms with E-state index in [9.17, 15) is 0 Å². The van der Waals surface area contributed by atoms with Crippen molar-refractivity contribution in [3.63, 3.8) is 0 Å². The van der Waals surface area contributed by atoms with Gasteiger partial charge in [0.25, 0.3) is 0 Å². The highest BCUT2D eigenvalue weighted by molar-refractivity contribution is 9.09. The Morgan fingerprint density at radius 3 is 2.27 bits per heavy atom. The summed E-state index contributed by atoms with van der Waals surface area (Å²) in [5.41, 5.74) is 0. The van der Waals surface area contributed by atoms with Crippen LogP contribution in [0.15, 0.2) is 0 Å². The summed E-state index contributed by atoms with van der Waals surface area (Å²) in [6.45, 7) is 5.74. The lowest BCUT2D eigenvalue weighted by Gasteiger charge is -2.15. The quantitative estimate of drug-likeness (QED) is 0.433. The van der Waals surface area contributed by atoms with Crippen molar-refractivity contribution >= 4 is 15.9 Å². The Bertz CT molecular complexity index is 117. The molecule has 2 heteroatoms. The zero-order chi connectivity index (χ0) is 11.4. The lowest BCUT2D eigenvalue weighted by molar-refractivity contribution is 0.471. The standard InChI is InChI=1S/C13H28BrN/c1-3-5-6-7-8-9-12-15-13(4-2)10-11-14/h13,15H,3-12H2,1-2H3. The van der Waals surface area contributed by atoms with E-state index in [1.807, 2.05) is 0 Å². The first kappa shape index (κ1) is 15.4. The van der Waals surface area contributed by atoms with Crippen LogP contribution in [-0.2, 0) is 0 Å². The molecular weight excluding hydrogens is 250 g/mol. The van der Waals surface area contributed by atoms with Crippen LogP contribution in [0.2, 0.25) is 0 Å². The van der Waals surface area contributed by atoms with Crippen LogP contribution in [0.3, 0.4) is 0 Å². The molecular formula is C13H28BrN. The number of halogens is 1. The fraction of sp³-hybridized carbons (Fsp3) is 1.00. The summed E-state index contributed by atoms with van der Waals surface area (Å²) >= 11 is 3.50. The van der Waals surface area contributed by atoms with Gasteiger partial charge in [-0.3, -0.25) is 0 Å². The van der Waals surface area contributed by atoms with Crippen LogP contribution < -0.4 is 5.32 Å². The van der Waals surface area contributed by atoms with Crippen LogP contribution in [-0.4, -0.2) is 17.9 Å². The van der Waals surface area contributed by atoms with Gasteiger partial charge < -0.3 is 5.32 Å². The van der Waals surface area contributed by atoms with Crippen LogP contribution in [0.25, 0.3) is 0 Å². The topological polar surface area (TPSA) is 12.0 Å². The minimum Gasteiger partial charge on any atom is -0.314 e. The Kier molecular flexibility index (Phi) is 12.9. The molecule has 0 aromatic rings. The van der Waals surface area contributed by atoms with E-state index >= 15 is 0 Å². The largest absolute Gasteiger partial charge is 0.314 e. The van der Waals surface area contributed by atoms with E-state index in [2.05, 4.69) is 35.1 Å². The number of nitrogens with one attached hydrogen (secondary N) is 1. The van der Waals surface area contributed by atoms with Gasteiger partial charge in [0.1, 0.15) is 0 Å². The molecule has 0 radical (unpaired) electrons. The molecule has 1 unspecified atom stereocenters. The normalized spacial score (nSPS) is 13.0. The minimum atomic E-state index is 0.722. The van der Waals surface area contributed by atoms with Gasteiger partial charge in [0, 0.05) is 11.4 Å². The molecule has 0 amide bonds. The lowest BCUT2D eigenvalue weighted by atomic mass is 10.1. The fourth-order valence-electron chi connectivity index (χ4n) is 1.79. The van der Waals surface area contributed by atoms with Crippen LogP contribution in [0, 0.1) is 0 Å². The molecule has 0 aliphatic heterocycles. The van der Waals surface area contributed by atoms with Crippen molar-refractivity contribution in [1.29, 1.82) is 0 Å². The predicted octanol–water partition coefficient (Wildman–Crippen LogP) is 4.50. The van der Waals surface area contributed by atoms with E-state index in [1.54, 1.807) is 0 Å². The van der Waals surface area contributed by atoms with Gasteiger partial charge in [-0.05, 0) is 25.8 Å². The zero-order valence-corrected chi connectivity index (χ0v) is 12.1. The van der Waals surface area contributed by atoms with Gasteiger partial charge in [-0.1, -0.05) is 61.9 Å². The number of hydrogen-bond acceptors (Lipinski definition) is 1. The van der Waals surface area contributed by atoms with Crippen LogP contribution >= 0.6 is 15.9 Å². The van der Waals surface area contributed by atoms with Crippen LogP contribution in [0.1, 0.15) is 65.2 Å². The van der Waals surface area contributed by atoms with E-state index in [0.29, 0.717) is 0 Å². The molecule has 1 atom stereocenters. The second kappa shape index (κ2) is 12.5. The highest BCUT2D eigenvalue weighted by Crippen LogP contribution is 2.05. The Balaban J connectivity index is 3.14. The van der Waals surface area contributed by atoms with Crippen LogP contribution in [0.5, 0.6) is 0 Å². The van der Waals surface area contributed by atoms with Gasteiger partial charge in [-0.15, -0.1) is 0 Å². The third-order valence-corrected chi connectivity index (χ3v) is 3.37. The highest BCUT2D eigenvalue weighted by atomic mass is 79.9. The van der Waals surface area contributed by atoms with Crippen molar-refractivity contribution in [2.24, 2.45) is 0 Å². The van der Waals surface area contributed by atoms with Crippen molar-refractivity contribution in [1.82, 2.24) is 5.32 Å². The van der Waals surface area contributed by atoms with E-state index in [-0.39, 0.29) is 0 Å². The second-order valence-corrected chi connectivity index (χ2v) is 5.10. The van der Waals surface area contributed by atoms with Gasteiger partial charge in [-0.2, -0.15) is 0 Å². The number of alkyl halides is 1. The molecule has 0 saturated heterocycles. The molecule has 0 fully saturated rings. The highest BCUT2D eigenvalue weighted by Gasteiger charge is 2.02. The summed E-state index contributed by atoms with van der Waals surface area (Å²) in [5, 5.41) is 4.75. The molecule has 1 nitrogen and oxygen atoms in total. The molecule has 0 aliphatic carbocycles. The summed E-state index contributed by atoms with van der Waals surface area (Å²) in [6.07, 6.45) is 10.9. The third-order valence-electron chi connectivity index (χ3n) is 2.91. The van der Waals surface area contributed by atoms with Crippen molar-refractivity contribution in [2.75, 3.05) is 11.9 Å². The lowest BCUT2D eigenvalue weighted by Crippen LogP contribution is -2.29. The predicted molar refractivity (Wildman–Crippen MR) is 73.9 cm³/mol. The maximum Gasteiger partial charge on any atom is 0.00723 e. The number of unbranched alkanes of at least 4 members (excludes halogenated alkanes) is 5. The molecule has 1 N–H and O–H groups in total. The third kappa shape index (κ3) is 10.7. The van der Waals surface area contributed by atoms with E-state index in [0.717, 1.165) is 11.4 Å². The van der Waals surface area contributed by atoms with Gasteiger partial charge >= 0.3 is 0 Å². The van der Waals surface area contributed by atoms with Gasteiger partial charge in [0.15, 0.2) is 0 Å². The van der Waals surface area contributed by atoms with E-state index in [4.69, 9.17) is 0 Å². The number of hydrogen-bond donors (Lipinski definition) is 1. The van der Waals surface area contributed by atoms with Gasteiger partial charge in [-0.25, -0.2) is 0 Å². The molecule has 0 rings (SSSR count). The van der Waals surface area contributed by atoms with Crippen molar-refractivity contribution in [3.05, 3.63) is 0 Å². The Hall–Kier alpha value is 0.440. The van der Waals surface area contributed by atoms with Crippen molar-refractivity contribution in [2.45, 2.75) is 71.3 Å². The average Bonchev–Trinajstić information content (AvgIpc) is 2.26. The first-order valence-electron chi connectivity index (χ1n) is 6.64. The van der Waals surface area contributed by atoms with Gasteiger partial charge in [0.05, 0.1) is 0 Å². The van der Waals surface area contributed by atoms with E-state index in [1.165, 1.54) is 57.9 Å². The Morgan fingerprint density at radius 2 is 1.67 bits per heavy atom. The van der Waals surface area contributed by atoms with Crippen molar-refractivity contribution < 1.29 is 0 Å². The second-order valence-electron chi connectivity index (χ2n) is 4.30. The summed E-state index contributed by atoms with van der Waals surface area (Å²) in [5.74, 6) is 0. The summed E-state index contributed by atoms with van der Waals surface area (Å²) in [6, 6.07) is 0.722. The van der Waals surface area contributed by atoms with E-state index < -0.39 is 0 Å². The molecule has 0 aromatic carbocycles. The average molecular weight is 278 g/mol. The Labute approximate surface area is 105 Å². The van der Waals surface area contributed by atoms with Crippen molar-refractivity contribution in [3.8, 4) is 0 Å². The molecule has 0 spiro atoms. The molecule has 15 heavy (non-hydrogen) atoms. The molecule has 0 saturated carbocycles. The zero-order valence-electron chi connectivity index (χ0n) is 10.5. The summed E-state index contributed by atoms with van der Waals surface area (Å²) in [7, 11) is 0. The van der Waals surface area contributed by atoms with Crippen LogP contribution in [0.4, 0.5) is 0 Å². The number of rotatable bonds is 11. The molecule has 0 aromatic heterocycles. The monoisotopic (exact) mass is 277 g/mol. The Morgan fingerprint density at radius 1 is 1.00 bits per heavy atom. The fourth-order valence-corrected chi connectivity index (χ4v) is 2.35. The molecule has 0 bridgehead atoms. The molecule has 0 aliphatic rings. The first-order chi connectivity index (χ1) is 7.35. The summed E-state index contributed by atoms with van der Waals surface area (Å²) in [4.78, 5) is 0.